The fourth-order valence-electron chi connectivity index (χ4n) is 2.84. The minimum absolute atomic E-state index is 0.504. The number of methoxy groups -OCH3 is 2. The van der Waals surface area contributed by atoms with E-state index in [1.54, 1.807) is 14.2 Å². The van der Waals surface area contributed by atoms with Gasteiger partial charge in [0.1, 0.15) is 11.5 Å². The van der Waals surface area contributed by atoms with Crippen molar-refractivity contribution in [1.29, 1.82) is 0 Å². The largest absolute Gasteiger partial charge is 0.497 e. The van der Waals surface area contributed by atoms with Gasteiger partial charge in [-0.3, -0.25) is 0 Å². The Kier molecular flexibility index (Phi) is 4.32. The highest BCUT2D eigenvalue weighted by atomic mass is 16.5. The molecular formula is C15H23NO3. The lowest BCUT2D eigenvalue weighted by Crippen LogP contribution is -2.38. The molecule has 2 N–H and O–H groups in total. The van der Waals surface area contributed by atoms with Crippen LogP contribution in [0, 0.1) is 0 Å². The lowest BCUT2D eigenvalue weighted by atomic mass is 9.77. The summed E-state index contributed by atoms with van der Waals surface area (Å²) in [6, 6.07) is 6.12. The van der Waals surface area contributed by atoms with E-state index in [0.29, 0.717) is 11.8 Å². The van der Waals surface area contributed by atoms with E-state index in [-0.39, 0.29) is 0 Å². The number of hydrogen-bond donors (Lipinski definition) is 2. The third-order valence-electron chi connectivity index (χ3n) is 4.13. The summed E-state index contributed by atoms with van der Waals surface area (Å²) >= 11 is 0. The molecule has 0 amide bonds. The molecule has 1 fully saturated rings. The lowest BCUT2D eigenvalue weighted by molar-refractivity contribution is -0.00950. The number of nitrogens with one attached hydrogen (secondary N) is 1. The van der Waals surface area contributed by atoms with Crippen LogP contribution in [-0.2, 0) is 5.60 Å². The van der Waals surface area contributed by atoms with Gasteiger partial charge in [-0.2, -0.15) is 0 Å². The minimum atomic E-state index is -0.787. The summed E-state index contributed by atoms with van der Waals surface area (Å²) in [5.41, 5.74) is 0.0793. The van der Waals surface area contributed by atoms with Crippen molar-refractivity contribution in [2.24, 2.45) is 0 Å². The number of aliphatic hydroxyl groups is 1. The zero-order valence-corrected chi connectivity index (χ0v) is 11.9. The van der Waals surface area contributed by atoms with Crippen LogP contribution in [0.3, 0.4) is 0 Å². The van der Waals surface area contributed by atoms with Crippen molar-refractivity contribution in [3.63, 3.8) is 0 Å². The van der Waals surface area contributed by atoms with E-state index in [9.17, 15) is 5.11 Å². The molecule has 1 aromatic rings. The van der Waals surface area contributed by atoms with Gasteiger partial charge in [-0.15, -0.1) is 0 Å². The van der Waals surface area contributed by atoms with E-state index in [0.717, 1.165) is 37.0 Å². The molecule has 0 radical (unpaired) electrons. The molecule has 0 atom stereocenters. The monoisotopic (exact) mass is 265 g/mol. The first kappa shape index (κ1) is 14.2. The maximum atomic E-state index is 10.9. The van der Waals surface area contributed by atoms with Crippen LogP contribution >= 0.6 is 0 Å². The van der Waals surface area contributed by atoms with Gasteiger partial charge in [-0.1, -0.05) is 0 Å². The van der Waals surface area contributed by atoms with Crippen molar-refractivity contribution in [2.75, 3.05) is 21.3 Å². The molecule has 1 aromatic carbocycles. The van der Waals surface area contributed by atoms with Gasteiger partial charge in [0.25, 0.3) is 0 Å². The molecule has 1 aliphatic carbocycles. The molecule has 0 aliphatic heterocycles. The fraction of sp³-hybridized carbons (Fsp3) is 0.600. The van der Waals surface area contributed by atoms with E-state index >= 15 is 0 Å². The van der Waals surface area contributed by atoms with Crippen molar-refractivity contribution in [3.05, 3.63) is 23.8 Å². The van der Waals surface area contributed by atoms with Crippen LogP contribution < -0.4 is 14.8 Å². The quantitative estimate of drug-likeness (QED) is 0.875. The van der Waals surface area contributed by atoms with Gasteiger partial charge < -0.3 is 19.9 Å². The second-order valence-corrected chi connectivity index (χ2v) is 5.16. The third kappa shape index (κ3) is 2.85. The molecule has 0 heterocycles. The number of rotatable bonds is 4. The number of benzene rings is 1. The van der Waals surface area contributed by atoms with Gasteiger partial charge in [0, 0.05) is 17.7 Å². The summed E-state index contributed by atoms with van der Waals surface area (Å²) in [5, 5.41) is 14.2. The summed E-state index contributed by atoms with van der Waals surface area (Å²) in [7, 11) is 5.23. The van der Waals surface area contributed by atoms with Gasteiger partial charge in [0.05, 0.1) is 19.8 Å². The molecule has 1 saturated carbocycles. The van der Waals surface area contributed by atoms with Crippen molar-refractivity contribution >= 4 is 0 Å². The normalized spacial score (nSPS) is 27.1. The Hall–Kier alpha value is -1.26. The van der Waals surface area contributed by atoms with Crippen LogP contribution in [0.5, 0.6) is 11.5 Å². The Bertz CT molecular complexity index is 425. The molecule has 0 unspecified atom stereocenters. The average molecular weight is 265 g/mol. The summed E-state index contributed by atoms with van der Waals surface area (Å²) in [6.07, 6.45) is 3.45. The predicted molar refractivity (Wildman–Crippen MR) is 74.8 cm³/mol. The topological polar surface area (TPSA) is 50.7 Å². The Labute approximate surface area is 114 Å². The second kappa shape index (κ2) is 5.80. The van der Waals surface area contributed by atoms with Crippen molar-refractivity contribution in [3.8, 4) is 11.5 Å². The van der Waals surface area contributed by atoms with Gasteiger partial charge in [0.2, 0.25) is 0 Å². The maximum absolute atomic E-state index is 10.9. The second-order valence-electron chi connectivity index (χ2n) is 5.16. The highest BCUT2D eigenvalue weighted by molar-refractivity contribution is 5.44. The molecule has 4 nitrogen and oxygen atoms in total. The summed E-state index contributed by atoms with van der Waals surface area (Å²) in [4.78, 5) is 0. The highest BCUT2D eigenvalue weighted by Crippen LogP contribution is 2.42. The molecule has 106 valence electrons. The molecule has 1 aliphatic rings. The Morgan fingerprint density at radius 3 is 2.42 bits per heavy atom. The predicted octanol–water partition coefficient (Wildman–Crippen LogP) is 2.05. The van der Waals surface area contributed by atoms with Gasteiger partial charge >= 0.3 is 0 Å². The van der Waals surface area contributed by atoms with E-state index in [1.165, 1.54) is 0 Å². The van der Waals surface area contributed by atoms with E-state index < -0.39 is 5.60 Å². The van der Waals surface area contributed by atoms with Crippen LogP contribution in [0.15, 0.2) is 18.2 Å². The zero-order valence-electron chi connectivity index (χ0n) is 11.9. The molecule has 4 heteroatoms. The van der Waals surface area contributed by atoms with Crippen molar-refractivity contribution < 1.29 is 14.6 Å². The van der Waals surface area contributed by atoms with Crippen LogP contribution in [0.4, 0.5) is 0 Å². The molecule has 0 saturated heterocycles. The van der Waals surface area contributed by atoms with Crippen LogP contribution in [0.2, 0.25) is 0 Å². The molecular weight excluding hydrogens is 242 g/mol. The van der Waals surface area contributed by atoms with Crippen molar-refractivity contribution in [2.45, 2.75) is 37.3 Å². The third-order valence-corrected chi connectivity index (χ3v) is 4.13. The Morgan fingerprint density at radius 1 is 1.21 bits per heavy atom. The minimum Gasteiger partial charge on any atom is -0.497 e. The fourth-order valence-corrected chi connectivity index (χ4v) is 2.84. The molecule has 2 rings (SSSR count). The van der Waals surface area contributed by atoms with Gasteiger partial charge in [0.15, 0.2) is 0 Å². The number of hydrogen-bond acceptors (Lipinski definition) is 4. The van der Waals surface area contributed by atoms with Crippen molar-refractivity contribution in [1.82, 2.24) is 5.32 Å². The van der Waals surface area contributed by atoms with E-state index in [2.05, 4.69) is 5.32 Å². The van der Waals surface area contributed by atoms with Crippen LogP contribution in [0.25, 0.3) is 0 Å². The molecule has 19 heavy (non-hydrogen) atoms. The zero-order chi connectivity index (χ0) is 13.9. The molecule has 0 spiro atoms. The molecule has 0 aromatic heterocycles. The lowest BCUT2D eigenvalue weighted by Gasteiger charge is -2.37. The first-order chi connectivity index (χ1) is 9.12. The smallest absolute Gasteiger partial charge is 0.128 e. The van der Waals surface area contributed by atoms with E-state index in [4.69, 9.17) is 9.47 Å². The van der Waals surface area contributed by atoms with Crippen LogP contribution in [0.1, 0.15) is 31.2 Å². The number of ether oxygens (including phenoxy) is 2. The SMILES string of the molecule is CNC1CCC(O)(c2ccc(OC)cc2OC)CC1. The van der Waals surface area contributed by atoms with Crippen LogP contribution in [-0.4, -0.2) is 32.4 Å². The average Bonchev–Trinajstić information content (AvgIpc) is 2.47. The first-order valence-electron chi connectivity index (χ1n) is 6.75. The molecule has 0 bridgehead atoms. The summed E-state index contributed by atoms with van der Waals surface area (Å²) < 4.78 is 10.6. The Balaban J connectivity index is 2.25. The Morgan fingerprint density at radius 2 is 1.89 bits per heavy atom. The van der Waals surface area contributed by atoms with Gasteiger partial charge in [-0.25, -0.2) is 0 Å². The summed E-state index contributed by atoms with van der Waals surface area (Å²) in [5.74, 6) is 1.44. The highest BCUT2D eigenvalue weighted by Gasteiger charge is 2.36. The first-order valence-corrected chi connectivity index (χ1v) is 6.75. The standard InChI is InChI=1S/C15H23NO3/c1-16-11-6-8-15(17,9-7-11)13-5-4-12(18-2)10-14(13)19-3/h4-5,10-11,16-17H,6-9H2,1-3H3. The van der Waals surface area contributed by atoms with E-state index in [1.807, 2.05) is 25.2 Å². The summed E-state index contributed by atoms with van der Waals surface area (Å²) in [6.45, 7) is 0. The van der Waals surface area contributed by atoms with Gasteiger partial charge in [-0.05, 0) is 44.9 Å². The maximum Gasteiger partial charge on any atom is 0.128 e.